The molecule has 1 heterocycles. The Balaban J connectivity index is 1.19. The molecule has 2 saturated carbocycles. The van der Waals surface area contributed by atoms with Crippen LogP contribution in [0, 0.1) is 5.92 Å². The SMILES string of the molecule is C(CCN1CCN(CC2CC2)CC1)CNC1CC1. The van der Waals surface area contributed by atoms with E-state index in [0.717, 1.165) is 12.0 Å². The van der Waals surface area contributed by atoms with Crippen molar-refractivity contribution < 1.29 is 0 Å². The third kappa shape index (κ3) is 4.52. The van der Waals surface area contributed by atoms with Gasteiger partial charge in [-0.25, -0.2) is 0 Å². The highest BCUT2D eigenvalue weighted by Gasteiger charge is 2.26. The van der Waals surface area contributed by atoms with Crippen LogP contribution in [-0.4, -0.2) is 61.7 Å². The third-order valence-electron chi connectivity index (χ3n) is 4.59. The van der Waals surface area contributed by atoms with Gasteiger partial charge in [0.05, 0.1) is 0 Å². The summed E-state index contributed by atoms with van der Waals surface area (Å²) in [5.74, 6) is 1.06. The number of nitrogens with one attached hydrogen (secondary N) is 1. The third-order valence-corrected chi connectivity index (χ3v) is 4.59. The summed E-state index contributed by atoms with van der Waals surface area (Å²) < 4.78 is 0. The number of nitrogens with zero attached hydrogens (tertiary/aromatic N) is 2. The normalized spacial score (nSPS) is 26.7. The average molecular weight is 251 g/mol. The summed E-state index contributed by atoms with van der Waals surface area (Å²) in [5.41, 5.74) is 0. The van der Waals surface area contributed by atoms with Crippen molar-refractivity contribution in [3.8, 4) is 0 Å². The maximum atomic E-state index is 3.60. The first-order valence-corrected chi connectivity index (χ1v) is 8.08. The molecule has 3 aliphatic rings. The molecule has 2 aliphatic carbocycles. The maximum absolute atomic E-state index is 3.60. The molecule has 3 rings (SSSR count). The maximum Gasteiger partial charge on any atom is 0.0110 e. The van der Waals surface area contributed by atoms with Gasteiger partial charge in [0.1, 0.15) is 0 Å². The minimum absolute atomic E-state index is 0.885. The van der Waals surface area contributed by atoms with Crippen LogP contribution < -0.4 is 5.32 Å². The Kier molecular flexibility index (Phi) is 4.55. The first kappa shape index (κ1) is 12.9. The molecule has 0 spiro atoms. The molecule has 1 aliphatic heterocycles. The molecule has 3 heteroatoms. The van der Waals surface area contributed by atoms with Crippen LogP contribution in [0.5, 0.6) is 0 Å². The summed E-state index contributed by atoms with van der Waals surface area (Å²) >= 11 is 0. The Bertz CT molecular complexity index is 240. The Hall–Kier alpha value is -0.120. The van der Waals surface area contributed by atoms with Gasteiger partial charge in [-0.2, -0.15) is 0 Å². The Morgan fingerprint density at radius 2 is 1.56 bits per heavy atom. The predicted octanol–water partition coefficient (Wildman–Crippen LogP) is 1.55. The van der Waals surface area contributed by atoms with E-state index in [1.165, 1.54) is 84.3 Å². The summed E-state index contributed by atoms with van der Waals surface area (Å²) in [6.45, 7) is 9.20. The lowest BCUT2D eigenvalue weighted by molar-refractivity contribution is 0.127. The topological polar surface area (TPSA) is 18.5 Å². The lowest BCUT2D eigenvalue weighted by atomic mass is 10.2. The van der Waals surface area contributed by atoms with E-state index in [1.807, 2.05) is 0 Å². The summed E-state index contributed by atoms with van der Waals surface area (Å²) in [6, 6.07) is 0.885. The van der Waals surface area contributed by atoms with Crippen LogP contribution in [0.1, 0.15) is 38.5 Å². The minimum atomic E-state index is 0.885. The quantitative estimate of drug-likeness (QED) is 0.660. The van der Waals surface area contributed by atoms with E-state index in [0.29, 0.717) is 0 Å². The average Bonchev–Trinajstić information content (AvgIpc) is 3.24. The van der Waals surface area contributed by atoms with Crippen LogP contribution in [-0.2, 0) is 0 Å². The van der Waals surface area contributed by atoms with E-state index in [9.17, 15) is 0 Å². The summed E-state index contributed by atoms with van der Waals surface area (Å²) in [5, 5.41) is 3.60. The Morgan fingerprint density at radius 3 is 2.22 bits per heavy atom. The van der Waals surface area contributed by atoms with Crippen molar-refractivity contribution >= 4 is 0 Å². The summed E-state index contributed by atoms with van der Waals surface area (Å²) in [4.78, 5) is 5.35. The predicted molar refractivity (Wildman–Crippen MR) is 75.9 cm³/mol. The molecule has 104 valence electrons. The van der Waals surface area contributed by atoms with Gasteiger partial charge in [0.15, 0.2) is 0 Å². The molecule has 0 aromatic rings. The van der Waals surface area contributed by atoms with Gasteiger partial charge in [0, 0.05) is 38.8 Å². The van der Waals surface area contributed by atoms with Gasteiger partial charge in [-0.15, -0.1) is 0 Å². The van der Waals surface area contributed by atoms with E-state index < -0.39 is 0 Å². The fraction of sp³-hybridized carbons (Fsp3) is 1.00. The van der Waals surface area contributed by atoms with E-state index in [2.05, 4.69) is 15.1 Å². The molecule has 0 aromatic carbocycles. The fourth-order valence-corrected chi connectivity index (χ4v) is 2.92. The molecular formula is C15H29N3. The zero-order valence-electron chi connectivity index (χ0n) is 11.7. The second kappa shape index (κ2) is 6.36. The Labute approximate surface area is 112 Å². The zero-order chi connectivity index (χ0) is 12.2. The molecule has 0 amide bonds. The van der Waals surface area contributed by atoms with E-state index in [1.54, 1.807) is 0 Å². The highest BCUT2D eigenvalue weighted by atomic mass is 15.3. The standard InChI is InChI=1S/C15H29N3/c1(7-16-15-5-6-15)2-8-17-9-11-18(12-10-17)13-14-3-4-14/h14-16H,1-13H2. The van der Waals surface area contributed by atoms with E-state index in [4.69, 9.17) is 0 Å². The molecule has 1 N–H and O–H groups in total. The van der Waals surface area contributed by atoms with E-state index in [-0.39, 0.29) is 0 Å². The molecule has 18 heavy (non-hydrogen) atoms. The smallest absolute Gasteiger partial charge is 0.0110 e. The number of hydrogen-bond acceptors (Lipinski definition) is 3. The number of unbranched alkanes of at least 4 members (excludes halogenated alkanes) is 1. The molecule has 3 nitrogen and oxygen atoms in total. The molecular weight excluding hydrogens is 222 g/mol. The van der Waals surface area contributed by atoms with Crippen molar-refractivity contribution in [2.24, 2.45) is 5.92 Å². The summed E-state index contributed by atoms with van der Waals surface area (Å²) in [6.07, 6.45) is 8.56. The molecule has 0 unspecified atom stereocenters. The van der Waals surface area contributed by atoms with Crippen molar-refractivity contribution in [2.45, 2.75) is 44.6 Å². The van der Waals surface area contributed by atoms with Gasteiger partial charge in [-0.3, -0.25) is 0 Å². The van der Waals surface area contributed by atoms with Crippen molar-refractivity contribution in [3.05, 3.63) is 0 Å². The number of rotatable bonds is 8. The largest absolute Gasteiger partial charge is 0.314 e. The molecule has 0 radical (unpaired) electrons. The van der Waals surface area contributed by atoms with E-state index >= 15 is 0 Å². The first-order chi connectivity index (χ1) is 8.90. The van der Waals surface area contributed by atoms with Crippen molar-refractivity contribution in [2.75, 3.05) is 45.8 Å². The van der Waals surface area contributed by atoms with Crippen LogP contribution in [0.3, 0.4) is 0 Å². The van der Waals surface area contributed by atoms with Gasteiger partial charge >= 0.3 is 0 Å². The number of hydrogen-bond donors (Lipinski definition) is 1. The fourth-order valence-electron chi connectivity index (χ4n) is 2.92. The van der Waals surface area contributed by atoms with Gasteiger partial charge < -0.3 is 15.1 Å². The molecule has 0 bridgehead atoms. The number of piperazine rings is 1. The monoisotopic (exact) mass is 251 g/mol. The lowest BCUT2D eigenvalue weighted by Crippen LogP contribution is -2.47. The van der Waals surface area contributed by atoms with Gasteiger partial charge in [-0.1, -0.05) is 0 Å². The molecule has 0 aromatic heterocycles. The van der Waals surface area contributed by atoms with Crippen LogP contribution >= 0.6 is 0 Å². The second-order valence-corrected chi connectivity index (χ2v) is 6.52. The van der Waals surface area contributed by atoms with Crippen molar-refractivity contribution in [3.63, 3.8) is 0 Å². The highest BCUT2D eigenvalue weighted by Crippen LogP contribution is 2.29. The van der Waals surface area contributed by atoms with Crippen LogP contribution in [0.25, 0.3) is 0 Å². The van der Waals surface area contributed by atoms with Gasteiger partial charge in [0.25, 0.3) is 0 Å². The van der Waals surface area contributed by atoms with Crippen LogP contribution in [0.15, 0.2) is 0 Å². The highest BCUT2D eigenvalue weighted by molar-refractivity contribution is 4.81. The molecule has 1 saturated heterocycles. The molecule has 3 fully saturated rings. The first-order valence-electron chi connectivity index (χ1n) is 8.08. The second-order valence-electron chi connectivity index (χ2n) is 6.52. The van der Waals surface area contributed by atoms with Crippen molar-refractivity contribution in [1.29, 1.82) is 0 Å². The summed E-state index contributed by atoms with van der Waals surface area (Å²) in [7, 11) is 0. The van der Waals surface area contributed by atoms with Crippen molar-refractivity contribution in [1.82, 2.24) is 15.1 Å². The zero-order valence-corrected chi connectivity index (χ0v) is 11.7. The lowest BCUT2D eigenvalue weighted by Gasteiger charge is -2.34. The van der Waals surface area contributed by atoms with Gasteiger partial charge in [0.2, 0.25) is 0 Å². The minimum Gasteiger partial charge on any atom is -0.314 e. The van der Waals surface area contributed by atoms with Gasteiger partial charge in [-0.05, 0) is 57.5 Å². The Morgan fingerprint density at radius 1 is 0.833 bits per heavy atom. The van der Waals surface area contributed by atoms with Crippen LogP contribution in [0.2, 0.25) is 0 Å². The molecule has 0 atom stereocenters. The van der Waals surface area contributed by atoms with Crippen LogP contribution in [0.4, 0.5) is 0 Å².